The summed E-state index contributed by atoms with van der Waals surface area (Å²) in [5, 5.41) is 2.78. The van der Waals surface area contributed by atoms with Crippen molar-refractivity contribution in [1.82, 2.24) is 9.62 Å². The van der Waals surface area contributed by atoms with E-state index in [1.807, 2.05) is 12.1 Å². The number of benzene rings is 1. The highest BCUT2D eigenvalue weighted by molar-refractivity contribution is 9.10. The van der Waals surface area contributed by atoms with Crippen molar-refractivity contribution in [2.75, 3.05) is 13.1 Å². The lowest BCUT2D eigenvalue weighted by Crippen LogP contribution is -2.50. The van der Waals surface area contributed by atoms with E-state index in [0.29, 0.717) is 13.0 Å². The largest absolute Gasteiger partial charge is 0.444 e. The molecule has 6 nitrogen and oxygen atoms in total. The summed E-state index contributed by atoms with van der Waals surface area (Å²) < 4.78 is 33.0. The highest BCUT2D eigenvalue weighted by atomic mass is 79.9. The van der Waals surface area contributed by atoms with Gasteiger partial charge < -0.3 is 10.1 Å². The normalized spacial score (nSPS) is 19.4. The summed E-state index contributed by atoms with van der Waals surface area (Å²) >= 11 is 3.34. The minimum Gasteiger partial charge on any atom is -0.444 e. The smallest absolute Gasteiger partial charge is 0.407 e. The fraction of sp³-hybridized carbons (Fsp3) is 0.588. The van der Waals surface area contributed by atoms with Crippen LogP contribution in [0.4, 0.5) is 4.79 Å². The van der Waals surface area contributed by atoms with Crippen LogP contribution in [0, 0.1) is 0 Å². The minimum absolute atomic E-state index is 0.0422. The lowest BCUT2D eigenvalue weighted by molar-refractivity contribution is 0.0487. The Bertz CT molecular complexity index is 698. The number of carbonyl (C=O) groups is 1. The number of alkyl carbamates (subject to hydrolysis) is 1. The fourth-order valence-electron chi connectivity index (χ4n) is 2.67. The monoisotopic (exact) mass is 432 g/mol. The quantitative estimate of drug-likeness (QED) is 0.791. The average molecular weight is 433 g/mol. The molecule has 0 aromatic heterocycles. The topological polar surface area (TPSA) is 75.7 Å². The number of rotatable bonds is 4. The summed E-state index contributed by atoms with van der Waals surface area (Å²) in [5.41, 5.74) is 0.164. The van der Waals surface area contributed by atoms with Crippen molar-refractivity contribution >= 4 is 32.0 Å². The predicted octanol–water partition coefficient (Wildman–Crippen LogP) is 3.27. The molecule has 1 atom stereocenters. The molecule has 1 aromatic carbocycles. The molecule has 1 saturated heterocycles. The molecule has 1 aliphatic rings. The van der Waals surface area contributed by atoms with Crippen molar-refractivity contribution in [2.45, 2.75) is 51.0 Å². The summed E-state index contributed by atoms with van der Waals surface area (Å²) in [6.45, 7) is 6.14. The van der Waals surface area contributed by atoms with Gasteiger partial charge in [-0.15, -0.1) is 0 Å². The van der Waals surface area contributed by atoms with Crippen molar-refractivity contribution in [3.63, 3.8) is 0 Å². The second kappa shape index (κ2) is 8.05. The first kappa shape index (κ1) is 20.2. The molecule has 0 spiro atoms. The van der Waals surface area contributed by atoms with Crippen LogP contribution in [0.15, 0.2) is 28.7 Å². The van der Waals surface area contributed by atoms with E-state index in [-0.39, 0.29) is 18.3 Å². The van der Waals surface area contributed by atoms with Gasteiger partial charge in [-0.3, -0.25) is 0 Å². The van der Waals surface area contributed by atoms with Crippen LogP contribution in [0.25, 0.3) is 0 Å². The third-order valence-electron chi connectivity index (χ3n) is 3.76. The summed E-state index contributed by atoms with van der Waals surface area (Å²) in [5.74, 6) is -0.0422. The van der Waals surface area contributed by atoms with Gasteiger partial charge in [0.15, 0.2) is 0 Å². The molecule has 0 radical (unpaired) electrons. The van der Waals surface area contributed by atoms with Gasteiger partial charge in [0.05, 0.1) is 5.75 Å². The molecule has 25 heavy (non-hydrogen) atoms. The Morgan fingerprint density at radius 2 is 1.96 bits per heavy atom. The SMILES string of the molecule is CC(C)(C)OC(=O)N[C@@H]1CCCN(S(=O)(=O)Cc2ccc(Br)cc2)C1. The standard InChI is InChI=1S/C17H25BrN2O4S/c1-17(2,3)24-16(21)19-15-5-4-10-20(11-15)25(22,23)12-13-6-8-14(18)9-7-13/h6-9,15H,4-5,10-12H2,1-3H3,(H,19,21)/t15-/m1/s1. The summed E-state index contributed by atoms with van der Waals surface area (Å²) in [6, 6.07) is 7.01. The van der Waals surface area contributed by atoms with Crippen molar-refractivity contribution < 1.29 is 17.9 Å². The molecule has 1 heterocycles. The maximum atomic E-state index is 12.7. The summed E-state index contributed by atoms with van der Waals surface area (Å²) in [6.07, 6.45) is 0.938. The Morgan fingerprint density at radius 3 is 2.56 bits per heavy atom. The molecule has 1 N–H and O–H groups in total. The van der Waals surface area contributed by atoms with Crippen LogP contribution in [0.1, 0.15) is 39.2 Å². The van der Waals surface area contributed by atoms with Gasteiger partial charge in [0.1, 0.15) is 5.60 Å². The molecule has 2 rings (SSSR count). The number of sulfonamides is 1. The van der Waals surface area contributed by atoms with Gasteiger partial charge in [0.2, 0.25) is 10.0 Å². The van der Waals surface area contributed by atoms with Gasteiger partial charge in [-0.2, -0.15) is 4.31 Å². The molecule has 1 aromatic rings. The molecule has 1 amide bonds. The maximum absolute atomic E-state index is 12.7. The number of carbonyl (C=O) groups excluding carboxylic acids is 1. The zero-order valence-electron chi connectivity index (χ0n) is 14.8. The Labute approximate surface area is 158 Å². The van der Waals surface area contributed by atoms with E-state index in [1.165, 1.54) is 4.31 Å². The van der Waals surface area contributed by atoms with Crippen molar-refractivity contribution in [2.24, 2.45) is 0 Å². The molecule has 8 heteroatoms. The van der Waals surface area contributed by atoms with E-state index in [1.54, 1.807) is 32.9 Å². The van der Waals surface area contributed by atoms with E-state index in [4.69, 9.17) is 4.74 Å². The second-order valence-corrected chi connectivity index (χ2v) is 10.1. The molecular formula is C17H25BrN2O4S. The minimum atomic E-state index is -3.43. The summed E-state index contributed by atoms with van der Waals surface area (Å²) in [4.78, 5) is 11.9. The number of amides is 1. The maximum Gasteiger partial charge on any atom is 0.407 e. The number of hydrogen-bond acceptors (Lipinski definition) is 4. The van der Waals surface area contributed by atoms with E-state index in [0.717, 1.165) is 16.5 Å². The summed E-state index contributed by atoms with van der Waals surface area (Å²) in [7, 11) is -3.43. The zero-order chi connectivity index (χ0) is 18.7. The van der Waals surface area contributed by atoms with Crippen molar-refractivity contribution in [1.29, 1.82) is 0 Å². The molecular weight excluding hydrogens is 408 g/mol. The van der Waals surface area contributed by atoms with Crippen molar-refractivity contribution in [3.8, 4) is 0 Å². The Kier molecular flexibility index (Phi) is 6.51. The Morgan fingerprint density at radius 1 is 1.32 bits per heavy atom. The van der Waals surface area contributed by atoms with E-state index in [9.17, 15) is 13.2 Å². The third-order valence-corrected chi connectivity index (χ3v) is 6.11. The lowest BCUT2D eigenvalue weighted by atomic mass is 10.1. The molecule has 1 aliphatic heterocycles. The zero-order valence-corrected chi connectivity index (χ0v) is 17.2. The molecule has 1 fully saturated rings. The number of nitrogens with one attached hydrogen (secondary N) is 1. The Balaban J connectivity index is 1.97. The third kappa shape index (κ3) is 6.60. The van der Waals surface area contributed by atoms with Crippen molar-refractivity contribution in [3.05, 3.63) is 34.3 Å². The van der Waals surface area contributed by atoms with Crippen LogP contribution in [-0.2, 0) is 20.5 Å². The van der Waals surface area contributed by atoms with E-state index >= 15 is 0 Å². The lowest BCUT2D eigenvalue weighted by Gasteiger charge is -2.32. The van der Waals surface area contributed by atoms with Crippen LogP contribution in [0.5, 0.6) is 0 Å². The van der Waals surface area contributed by atoms with Gasteiger partial charge in [-0.25, -0.2) is 13.2 Å². The van der Waals surface area contributed by atoms with Gasteiger partial charge in [0, 0.05) is 23.6 Å². The number of nitrogens with zero attached hydrogens (tertiary/aromatic N) is 1. The first-order valence-corrected chi connectivity index (χ1v) is 10.7. The van der Waals surface area contributed by atoms with Crippen LogP contribution >= 0.6 is 15.9 Å². The highest BCUT2D eigenvalue weighted by Crippen LogP contribution is 2.19. The first-order valence-electron chi connectivity index (χ1n) is 8.27. The highest BCUT2D eigenvalue weighted by Gasteiger charge is 2.30. The van der Waals surface area contributed by atoms with Crippen LogP contribution in [0.3, 0.4) is 0 Å². The van der Waals surface area contributed by atoms with Gasteiger partial charge in [-0.05, 0) is 51.3 Å². The Hall–Kier alpha value is -1.12. The van der Waals surface area contributed by atoms with E-state index in [2.05, 4.69) is 21.2 Å². The molecule has 0 bridgehead atoms. The second-order valence-electron chi connectivity index (χ2n) is 7.23. The number of piperidine rings is 1. The number of ether oxygens (including phenoxy) is 1. The van der Waals surface area contributed by atoms with Gasteiger partial charge >= 0.3 is 6.09 Å². The predicted molar refractivity (Wildman–Crippen MR) is 101 cm³/mol. The van der Waals surface area contributed by atoms with E-state index < -0.39 is 21.7 Å². The van der Waals surface area contributed by atoms with Crippen LogP contribution in [0.2, 0.25) is 0 Å². The van der Waals surface area contributed by atoms with Crippen LogP contribution in [-0.4, -0.2) is 43.5 Å². The van der Waals surface area contributed by atoms with Gasteiger partial charge in [-0.1, -0.05) is 28.1 Å². The average Bonchev–Trinajstić information content (AvgIpc) is 2.48. The molecule has 0 aliphatic carbocycles. The molecule has 0 unspecified atom stereocenters. The van der Waals surface area contributed by atoms with Crippen LogP contribution < -0.4 is 5.32 Å². The fourth-order valence-corrected chi connectivity index (χ4v) is 4.54. The molecule has 0 saturated carbocycles. The van der Waals surface area contributed by atoms with Gasteiger partial charge in [0.25, 0.3) is 0 Å². The first-order chi connectivity index (χ1) is 11.5. The number of halogens is 1. The molecule has 140 valence electrons. The number of hydrogen-bond donors (Lipinski definition) is 1.